The molecule has 28 heavy (non-hydrogen) atoms. The molecule has 4 rings (SSSR count). The highest BCUT2D eigenvalue weighted by molar-refractivity contribution is 7.88. The van der Waals surface area contributed by atoms with Gasteiger partial charge in [-0.1, -0.05) is 0 Å². The lowest BCUT2D eigenvalue weighted by Crippen LogP contribution is -2.47. The lowest BCUT2D eigenvalue weighted by atomic mass is 10.1. The van der Waals surface area contributed by atoms with Gasteiger partial charge in [-0.2, -0.15) is 0 Å². The van der Waals surface area contributed by atoms with Crippen LogP contribution < -0.4 is 10.0 Å². The Balaban J connectivity index is 1.75. The minimum atomic E-state index is -3.31. The number of thiophene rings is 1. The molecule has 7 nitrogen and oxygen atoms in total. The zero-order valence-electron chi connectivity index (χ0n) is 16.1. The Bertz CT molecular complexity index is 1120. The van der Waals surface area contributed by atoms with Crippen LogP contribution >= 0.6 is 11.3 Å². The van der Waals surface area contributed by atoms with E-state index in [0.29, 0.717) is 12.4 Å². The van der Waals surface area contributed by atoms with Crippen LogP contribution in [0.3, 0.4) is 0 Å². The summed E-state index contributed by atoms with van der Waals surface area (Å²) in [5.41, 5.74) is 1.53. The summed E-state index contributed by atoms with van der Waals surface area (Å²) in [5.74, 6) is 1.38. The van der Waals surface area contributed by atoms with Crippen LogP contribution in [0.2, 0.25) is 0 Å². The molecule has 0 aromatic carbocycles. The molecule has 1 aliphatic carbocycles. The van der Waals surface area contributed by atoms with E-state index in [4.69, 9.17) is 9.97 Å². The second kappa shape index (κ2) is 7.06. The van der Waals surface area contributed by atoms with Gasteiger partial charge in [0.2, 0.25) is 10.0 Å². The lowest BCUT2D eigenvalue weighted by Gasteiger charge is -2.26. The van der Waals surface area contributed by atoms with Gasteiger partial charge in [-0.25, -0.2) is 23.1 Å². The smallest absolute Gasteiger partial charge is 0.209 e. The van der Waals surface area contributed by atoms with Gasteiger partial charge in [-0.05, 0) is 50.8 Å². The van der Waals surface area contributed by atoms with Crippen molar-refractivity contribution in [3.63, 3.8) is 0 Å². The number of aryl methyl sites for hydroxylation is 2. The number of fused-ring (bicyclic) bond motifs is 3. The molecule has 0 amide bonds. The lowest BCUT2D eigenvalue weighted by molar-refractivity contribution is 0.476. The molecule has 1 aliphatic rings. The minimum absolute atomic E-state index is 0.406. The number of nitrogens with zero attached hydrogens (tertiary/aromatic N) is 3. The molecular formula is C19H23N5O2S2. The molecule has 0 saturated carbocycles. The number of aromatic nitrogens is 3. The van der Waals surface area contributed by atoms with Gasteiger partial charge in [0, 0.05) is 34.9 Å². The van der Waals surface area contributed by atoms with Gasteiger partial charge in [-0.15, -0.1) is 11.3 Å². The van der Waals surface area contributed by atoms with Crippen LogP contribution in [-0.4, -0.2) is 41.7 Å². The minimum Gasteiger partial charge on any atom is -0.368 e. The Labute approximate surface area is 168 Å². The second-order valence-corrected chi connectivity index (χ2v) is 10.6. The largest absolute Gasteiger partial charge is 0.368 e. The van der Waals surface area contributed by atoms with Gasteiger partial charge in [-0.3, -0.25) is 4.98 Å². The van der Waals surface area contributed by atoms with Crippen molar-refractivity contribution in [2.24, 2.45) is 0 Å². The molecule has 9 heteroatoms. The van der Waals surface area contributed by atoms with E-state index >= 15 is 0 Å². The molecule has 2 N–H and O–H groups in total. The molecule has 3 aromatic rings. The normalized spacial score (nSPS) is 14.4. The summed E-state index contributed by atoms with van der Waals surface area (Å²) >= 11 is 1.73. The quantitative estimate of drug-likeness (QED) is 0.640. The van der Waals surface area contributed by atoms with Crippen molar-refractivity contribution in [1.29, 1.82) is 0 Å². The first-order valence-electron chi connectivity index (χ1n) is 9.17. The van der Waals surface area contributed by atoms with Crippen LogP contribution in [0, 0.1) is 0 Å². The van der Waals surface area contributed by atoms with Crippen LogP contribution in [0.4, 0.5) is 5.82 Å². The number of hydrogen-bond donors (Lipinski definition) is 2. The highest BCUT2D eigenvalue weighted by Crippen LogP contribution is 2.40. The predicted octanol–water partition coefficient (Wildman–Crippen LogP) is 2.98. The van der Waals surface area contributed by atoms with Crippen molar-refractivity contribution < 1.29 is 8.42 Å². The molecule has 0 unspecified atom stereocenters. The van der Waals surface area contributed by atoms with Gasteiger partial charge < -0.3 is 5.32 Å². The van der Waals surface area contributed by atoms with Gasteiger partial charge in [0.25, 0.3) is 0 Å². The van der Waals surface area contributed by atoms with Crippen molar-refractivity contribution in [2.75, 3.05) is 18.1 Å². The summed E-state index contributed by atoms with van der Waals surface area (Å²) in [5, 5.41) is 4.45. The molecule has 0 fully saturated rings. The van der Waals surface area contributed by atoms with Gasteiger partial charge in [0.05, 0.1) is 11.6 Å². The van der Waals surface area contributed by atoms with E-state index in [1.54, 1.807) is 23.7 Å². The summed E-state index contributed by atoms with van der Waals surface area (Å²) in [6.07, 6.45) is 7.91. The third-order valence-corrected chi connectivity index (χ3v) is 6.75. The Morgan fingerprint density at radius 3 is 2.79 bits per heavy atom. The SMILES string of the molecule is CC(C)(CNc1nc(-c2cccnc2)nc2sc3c(c12)CCC3)NS(C)(=O)=O. The average molecular weight is 418 g/mol. The third-order valence-electron chi connectivity index (χ3n) is 4.64. The van der Waals surface area contributed by atoms with Crippen molar-refractivity contribution in [1.82, 2.24) is 19.7 Å². The fourth-order valence-corrected chi connectivity index (χ4v) is 5.93. The maximum Gasteiger partial charge on any atom is 0.209 e. The number of anilines is 1. The first-order valence-corrected chi connectivity index (χ1v) is 11.9. The van der Waals surface area contributed by atoms with Crippen molar-refractivity contribution in [2.45, 2.75) is 38.6 Å². The second-order valence-electron chi connectivity index (χ2n) is 7.79. The zero-order chi connectivity index (χ0) is 19.9. The fraction of sp³-hybridized carbons (Fsp3) is 0.421. The van der Waals surface area contributed by atoms with E-state index in [9.17, 15) is 8.42 Å². The number of rotatable bonds is 6. The van der Waals surface area contributed by atoms with E-state index in [-0.39, 0.29) is 0 Å². The molecule has 3 aromatic heterocycles. The number of sulfonamides is 1. The number of nitrogens with one attached hydrogen (secondary N) is 2. The molecule has 0 saturated heterocycles. The predicted molar refractivity (Wildman–Crippen MR) is 113 cm³/mol. The van der Waals surface area contributed by atoms with Crippen LogP contribution in [0.25, 0.3) is 21.6 Å². The van der Waals surface area contributed by atoms with E-state index < -0.39 is 15.6 Å². The Morgan fingerprint density at radius 1 is 1.25 bits per heavy atom. The zero-order valence-corrected chi connectivity index (χ0v) is 17.7. The average Bonchev–Trinajstić information content (AvgIpc) is 3.19. The summed E-state index contributed by atoms with van der Waals surface area (Å²) in [4.78, 5) is 16.1. The molecule has 0 spiro atoms. The first kappa shape index (κ1) is 19.2. The standard InChI is InChI=1S/C19H23N5O2S2/c1-19(2,24-28(3,25)26)11-21-17-15-13-7-4-8-14(13)27-18(15)23-16(22-17)12-6-5-9-20-10-12/h5-6,9-10,24H,4,7-8,11H2,1-3H3,(H,21,22,23). The first-order chi connectivity index (χ1) is 13.2. The number of pyridine rings is 1. The maximum absolute atomic E-state index is 11.7. The van der Waals surface area contributed by atoms with E-state index in [1.807, 2.05) is 26.0 Å². The summed E-state index contributed by atoms with van der Waals surface area (Å²) in [6.45, 7) is 4.10. The topological polar surface area (TPSA) is 96.9 Å². The van der Waals surface area contributed by atoms with E-state index in [1.165, 1.54) is 16.7 Å². The molecule has 0 atom stereocenters. The Hall–Kier alpha value is -2.10. The van der Waals surface area contributed by atoms with Crippen molar-refractivity contribution >= 4 is 37.4 Å². The van der Waals surface area contributed by atoms with Crippen molar-refractivity contribution in [3.05, 3.63) is 35.0 Å². The molecule has 0 aliphatic heterocycles. The molecular weight excluding hydrogens is 394 g/mol. The van der Waals surface area contributed by atoms with Crippen LogP contribution in [0.15, 0.2) is 24.5 Å². The maximum atomic E-state index is 11.7. The Morgan fingerprint density at radius 2 is 2.07 bits per heavy atom. The van der Waals surface area contributed by atoms with Gasteiger partial charge >= 0.3 is 0 Å². The summed E-state index contributed by atoms with van der Waals surface area (Å²) in [7, 11) is -3.31. The van der Waals surface area contributed by atoms with E-state index in [2.05, 4.69) is 15.0 Å². The molecule has 148 valence electrons. The number of hydrogen-bond acceptors (Lipinski definition) is 7. The van der Waals surface area contributed by atoms with Crippen molar-refractivity contribution in [3.8, 4) is 11.4 Å². The van der Waals surface area contributed by atoms with E-state index in [0.717, 1.165) is 40.9 Å². The summed E-state index contributed by atoms with van der Waals surface area (Å²) < 4.78 is 26.0. The van der Waals surface area contributed by atoms with Gasteiger partial charge in [0.15, 0.2) is 5.82 Å². The third kappa shape index (κ3) is 4.01. The Kier molecular flexibility index (Phi) is 4.84. The van der Waals surface area contributed by atoms with Crippen LogP contribution in [0.1, 0.15) is 30.7 Å². The molecule has 0 bridgehead atoms. The highest BCUT2D eigenvalue weighted by Gasteiger charge is 2.26. The summed E-state index contributed by atoms with van der Waals surface area (Å²) in [6, 6.07) is 3.80. The van der Waals surface area contributed by atoms with Crippen LogP contribution in [-0.2, 0) is 22.9 Å². The molecule has 0 radical (unpaired) electrons. The monoisotopic (exact) mass is 417 g/mol. The highest BCUT2D eigenvalue weighted by atomic mass is 32.2. The fourth-order valence-electron chi connectivity index (χ4n) is 3.59. The molecule has 3 heterocycles. The van der Waals surface area contributed by atoms with Gasteiger partial charge in [0.1, 0.15) is 10.6 Å². The van der Waals surface area contributed by atoms with Crippen LogP contribution in [0.5, 0.6) is 0 Å².